The molecule has 0 aliphatic heterocycles. The molecular formula is C16H14ClN3O3S. The average Bonchev–Trinajstić information content (AvgIpc) is 3.11. The third-order valence-corrected chi connectivity index (χ3v) is 4.71. The molecule has 0 bridgehead atoms. The number of hydrogen-bond donors (Lipinski definition) is 1. The molecule has 6 nitrogen and oxygen atoms in total. The number of aromatic nitrogens is 2. The van der Waals surface area contributed by atoms with Crippen LogP contribution in [0.25, 0.3) is 10.9 Å². The third kappa shape index (κ3) is 3.13. The van der Waals surface area contributed by atoms with E-state index in [1.54, 1.807) is 17.6 Å². The number of rotatable bonds is 4. The van der Waals surface area contributed by atoms with Gasteiger partial charge in [0.05, 0.1) is 7.11 Å². The first-order valence-corrected chi connectivity index (χ1v) is 8.28. The van der Waals surface area contributed by atoms with Gasteiger partial charge in [-0.3, -0.25) is 4.79 Å². The summed E-state index contributed by atoms with van der Waals surface area (Å²) < 4.78 is 6.46. The fraction of sp³-hybridized carbons (Fsp3) is 0.188. The van der Waals surface area contributed by atoms with Gasteiger partial charge in [-0.2, -0.15) is 0 Å². The van der Waals surface area contributed by atoms with Gasteiger partial charge in [0.15, 0.2) is 10.8 Å². The normalized spacial score (nSPS) is 10.8. The molecule has 0 aliphatic rings. The number of halogens is 1. The number of nitrogens with zero attached hydrogens (tertiary/aromatic N) is 2. The summed E-state index contributed by atoms with van der Waals surface area (Å²) in [5.74, 6) is -0.757. The first kappa shape index (κ1) is 16.5. The van der Waals surface area contributed by atoms with Crippen LogP contribution in [0, 0.1) is 6.92 Å². The van der Waals surface area contributed by atoms with Gasteiger partial charge in [-0.05, 0) is 25.1 Å². The molecule has 1 amide bonds. The number of fused-ring (bicyclic) bond motifs is 1. The molecule has 0 fully saturated rings. The number of thiazole rings is 1. The Morgan fingerprint density at radius 1 is 1.38 bits per heavy atom. The Kier molecular flexibility index (Phi) is 4.55. The van der Waals surface area contributed by atoms with E-state index in [0.29, 0.717) is 15.0 Å². The first-order chi connectivity index (χ1) is 11.5. The van der Waals surface area contributed by atoms with E-state index in [1.807, 2.05) is 24.4 Å². The van der Waals surface area contributed by atoms with E-state index in [0.717, 1.165) is 10.9 Å². The quantitative estimate of drug-likeness (QED) is 0.720. The summed E-state index contributed by atoms with van der Waals surface area (Å²) in [5, 5.41) is 4.61. The van der Waals surface area contributed by atoms with Crippen molar-refractivity contribution in [3.63, 3.8) is 0 Å². The molecule has 0 radical (unpaired) electrons. The van der Waals surface area contributed by atoms with Crippen LogP contribution in [0.4, 0.5) is 5.13 Å². The van der Waals surface area contributed by atoms with Gasteiger partial charge in [-0.1, -0.05) is 17.7 Å². The molecule has 2 aromatic heterocycles. The van der Waals surface area contributed by atoms with Crippen molar-refractivity contribution in [3.8, 4) is 0 Å². The second-order valence-electron chi connectivity index (χ2n) is 5.08. The van der Waals surface area contributed by atoms with Crippen LogP contribution in [0.1, 0.15) is 15.4 Å². The lowest BCUT2D eigenvalue weighted by molar-refractivity contribution is -0.116. The maximum absolute atomic E-state index is 12.3. The molecule has 0 atom stereocenters. The van der Waals surface area contributed by atoms with Gasteiger partial charge in [0.2, 0.25) is 5.91 Å². The summed E-state index contributed by atoms with van der Waals surface area (Å²) in [7, 11) is 1.29. The van der Waals surface area contributed by atoms with Crippen molar-refractivity contribution >= 4 is 50.8 Å². The molecule has 0 spiro atoms. The second-order valence-corrected chi connectivity index (χ2v) is 6.69. The number of carbonyl (C=O) groups is 2. The van der Waals surface area contributed by atoms with E-state index < -0.39 is 5.97 Å². The minimum atomic E-state index is -0.518. The number of hydrogen-bond acceptors (Lipinski definition) is 5. The zero-order valence-electron chi connectivity index (χ0n) is 13.0. The van der Waals surface area contributed by atoms with Gasteiger partial charge in [-0.15, -0.1) is 11.3 Å². The average molecular weight is 364 g/mol. The van der Waals surface area contributed by atoms with Crippen LogP contribution >= 0.6 is 22.9 Å². The lowest BCUT2D eigenvalue weighted by Crippen LogP contribution is -2.18. The van der Waals surface area contributed by atoms with Crippen molar-refractivity contribution in [2.45, 2.75) is 13.5 Å². The molecule has 0 unspecified atom stereocenters. The van der Waals surface area contributed by atoms with Gasteiger partial charge in [-0.25, -0.2) is 9.78 Å². The highest BCUT2D eigenvalue weighted by Gasteiger charge is 2.17. The monoisotopic (exact) mass is 363 g/mol. The van der Waals surface area contributed by atoms with Gasteiger partial charge < -0.3 is 14.6 Å². The van der Waals surface area contributed by atoms with Crippen molar-refractivity contribution in [1.29, 1.82) is 0 Å². The zero-order valence-corrected chi connectivity index (χ0v) is 14.6. The van der Waals surface area contributed by atoms with E-state index in [-0.39, 0.29) is 18.1 Å². The minimum Gasteiger partial charge on any atom is -0.464 e. The zero-order chi connectivity index (χ0) is 17.3. The Morgan fingerprint density at radius 3 is 2.92 bits per heavy atom. The SMILES string of the molecule is COC(=O)c1nc(NC(=O)Cn2ccc3c(Cl)cccc32)sc1C. The van der Waals surface area contributed by atoms with Gasteiger partial charge in [0.1, 0.15) is 6.54 Å². The van der Waals surface area contributed by atoms with Crippen molar-refractivity contribution in [2.24, 2.45) is 0 Å². The molecule has 0 aliphatic carbocycles. The number of esters is 1. The number of carbonyl (C=O) groups excluding carboxylic acids is 2. The van der Waals surface area contributed by atoms with E-state index in [4.69, 9.17) is 11.6 Å². The van der Waals surface area contributed by atoms with Crippen LogP contribution in [0.3, 0.4) is 0 Å². The Labute approximate surface area is 147 Å². The van der Waals surface area contributed by atoms with Crippen LogP contribution in [0.2, 0.25) is 5.02 Å². The molecule has 3 aromatic rings. The predicted molar refractivity (Wildman–Crippen MR) is 93.8 cm³/mol. The smallest absolute Gasteiger partial charge is 0.357 e. The Morgan fingerprint density at radius 2 is 2.17 bits per heavy atom. The van der Waals surface area contributed by atoms with Crippen molar-refractivity contribution in [3.05, 3.63) is 46.1 Å². The van der Waals surface area contributed by atoms with E-state index in [2.05, 4.69) is 15.0 Å². The fourth-order valence-electron chi connectivity index (χ4n) is 2.37. The van der Waals surface area contributed by atoms with Crippen molar-refractivity contribution < 1.29 is 14.3 Å². The largest absolute Gasteiger partial charge is 0.464 e. The van der Waals surface area contributed by atoms with E-state index in [1.165, 1.54) is 18.4 Å². The Bertz CT molecular complexity index is 932. The molecule has 8 heteroatoms. The van der Waals surface area contributed by atoms with Crippen LogP contribution in [-0.2, 0) is 16.1 Å². The van der Waals surface area contributed by atoms with Crippen LogP contribution < -0.4 is 5.32 Å². The van der Waals surface area contributed by atoms with Crippen molar-refractivity contribution in [1.82, 2.24) is 9.55 Å². The maximum atomic E-state index is 12.3. The lowest BCUT2D eigenvalue weighted by Gasteiger charge is -2.05. The van der Waals surface area contributed by atoms with Crippen LogP contribution in [-0.4, -0.2) is 28.5 Å². The molecule has 0 saturated heterocycles. The van der Waals surface area contributed by atoms with Crippen LogP contribution in [0.5, 0.6) is 0 Å². The molecule has 2 heterocycles. The molecule has 0 saturated carbocycles. The number of methoxy groups -OCH3 is 1. The highest BCUT2D eigenvalue weighted by atomic mass is 35.5. The molecule has 1 aromatic carbocycles. The molecule has 24 heavy (non-hydrogen) atoms. The number of anilines is 1. The van der Waals surface area contributed by atoms with Gasteiger partial charge in [0, 0.05) is 27.0 Å². The fourth-order valence-corrected chi connectivity index (χ4v) is 3.42. The Balaban J connectivity index is 1.76. The summed E-state index contributed by atoms with van der Waals surface area (Å²) in [6.45, 7) is 1.87. The van der Waals surface area contributed by atoms with Gasteiger partial charge >= 0.3 is 5.97 Å². The molecular weight excluding hydrogens is 350 g/mol. The maximum Gasteiger partial charge on any atom is 0.357 e. The second kappa shape index (κ2) is 6.62. The highest BCUT2D eigenvalue weighted by molar-refractivity contribution is 7.16. The summed E-state index contributed by atoms with van der Waals surface area (Å²) in [5.41, 5.74) is 1.10. The number of nitrogens with one attached hydrogen (secondary N) is 1. The number of benzene rings is 1. The van der Waals surface area contributed by atoms with E-state index >= 15 is 0 Å². The number of aryl methyl sites for hydroxylation is 1. The summed E-state index contributed by atoms with van der Waals surface area (Å²) >= 11 is 7.37. The van der Waals surface area contributed by atoms with E-state index in [9.17, 15) is 9.59 Å². The standard InChI is InChI=1S/C16H14ClN3O3S/c1-9-14(15(22)23-2)19-16(24-9)18-13(21)8-20-7-6-10-11(17)4-3-5-12(10)20/h3-7H,8H2,1-2H3,(H,18,19,21). The number of amides is 1. The van der Waals surface area contributed by atoms with Gasteiger partial charge in [0.25, 0.3) is 0 Å². The molecule has 1 N–H and O–H groups in total. The summed E-state index contributed by atoms with van der Waals surface area (Å²) in [4.78, 5) is 28.6. The van der Waals surface area contributed by atoms with Crippen molar-refractivity contribution in [2.75, 3.05) is 12.4 Å². The third-order valence-electron chi connectivity index (χ3n) is 3.50. The summed E-state index contributed by atoms with van der Waals surface area (Å²) in [6.07, 6.45) is 1.81. The Hall–Kier alpha value is -2.38. The molecule has 124 valence electrons. The topological polar surface area (TPSA) is 73.2 Å². The minimum absolute atomic E-state index is 0.121. The lowest BCUT2D eigenvalue weighted by atomic mass is 10.2. The predicted octanol–water partition coefficient (Wildman–Crippen LogP) is 3.48. The molecule has 3 rings (SSSR count). The number of ether oxygens (including phenoxy) is 1. The van der Waals surface area contributed by atoms with Crippen LogP contribution in [0.15, 0.2) is 30.5 Å². The highest BCUT2D eigenvalue weighted by Crippen LogP contribution is 2.25. The summed E-state index contributed by atoms with van der Waals surface area (Å²) in [6, 6.07) is 7.41. The first-order valence-electron chi connectivity index (χ1n) is 7.08.